The third kappa shape index (κ3) is 2.17. The largest absolute Gasteiger partial charge is 0.392 e. The van der Waals surface area contributed by atoms with Crippen molar-refractivity contribution in [3.8, 4) is 0 Å². The molecule has 4 nitrogen and oxygen atoms in total. The number of pyridine rings is 1. The molecule has 0 aliphatic carbocycles. The maximum Gasteiger partial charge on any atom is 0.124 e. The molecule has 3 N–H and O–H groups in total. The van der Waals surface area contributed by atoms with E-state index in [0.29, 0.717) is 5.82 Å². The van der Waals surface area contributed by atoms with Gasteiger partial charge in [-0.25, -0.2) is 4.98 Å². The minimum atomic E-state index is -0.185. The molecule has 4 heteroatoms. The van der Waals surface area contributed by atoms with Crippen LogP contribution in [-0.4, -0.2) is 34.2 Å². The molecule has 94 valence electrons. The highest BCUT2D eigenvalue weighted by molar-refractivity contribution is 5.83. The summed E-state index contributed by atoms with van der Waals surface area (Å²) in [6.45, 7) is 2.51. The fraction of sp³-hybridized carbons (Fsp3) is 0.357. The molecule has 0 amide bonds. The number of rotatable bonds is 2. The summed E-state index contributed by atoms with van der Waals surface area (Å²) in [6.07, 6.45) is 0.675. The predicted molar refractivity (Wildman–Crippen MR) is 72.1 cm³/mol. The number of para-hydroxylation sites is 1. The lowest BCUT2D eigenvalue weighted by molar-refractivity contribution is 0.175. The van der Waals surface area contributed by atoms with Gasteiger partial charge in [-0.1, -0.05) is 18.2 Å². The molecule has 1 aliphatic rings. The Morgan fingerprint density at radius 2 is 2.22 bits per heavy atom. The highest BCUT2D eigenvalue weighted by atomic mass is 16.3. The van der Waals surface area contributed by atoms with Crippen molar-refractivity contribution in [2.24, 2.45) is 0 Å². The van der Waals surface area contributed by atoms with Crippen molar-refractivity contribution in [1.29, 1.82) is 0 Å². The summed E-state index contributed by atoms with van der Waals surface area (Å²) in [5.74, 6) is 0.559. The van der Waals surface area contributed by atoms with Crippen molar-refractivity contribution < 1.29 is 5.11 Å². The number of aromatic nitrogens is 1. The molecule has 18 heavy (non-hydrogen) atoms. The van der Waals surface area contributed by atoms with Gasteiger partial charge in [0.2, 0.25) is 0 Å². The summed E-state index contributed by atoms with van der Waals surface area (Å²) in [6, 6.07) is 9.98. The Bertz CT molecular complexity index is 570. The SMILES string of the molecule is Nc1cc(CN2CCC(O)C2)c2ccccc2n1. The third-order valence-corrected chi connectivity index (χ3v) is 3.46. The van der Waals surface area contributed by atoms with Crippen LogP contribution < -0.4 is 5.73 Å². The number of benzene rings is 1. The van der Waals surface area contributed by atoms with Crippen LogP contribution in [0.25, 0.3) is 10.9 Å². The lowest BCUT2D eigenvalue weighted by atomic mass is 10.1. The van der Waals surface area contributed by atoms with E-state index in [-0.39, 0.29) is 6.10 Å². The Labute approximate surface area is 106 Å². The monoisotopic (exact) mass is 243 g/mol. The van der Waals surface area contributed by atoms with Gasteiger partial charge in [0.1, 0.15) is 5.82 Å². The predicted octanol–water partition coefficient (Wildman–Crippen LogP) is 1.38. The van der Waals surface area contributed by atoms with Gasteiger partial charge in [0.15, 0.2) is 0 Å². The Morgan fingerprint density at radius 3 is 3.00 bits per heavy atom. The number of hydrogen-bond acceptors (Lipinski definition) is 4. The van der Waals surface area contributed by atoms with Crippen molar-refractivity contribution >= 4 is 16.7 Å². The highest BCUT2D eigenvalue weighted by Gasteiger charge is 2.20. The van der Waals surface area contributed by atoms with Crippen molar-refractivity contribution in [3.05, 3.63) is 35.9 Å². The molecular formula is C14H17N3O. The van der Waals surface area contributed by atoms with Crippen LogP contribution >= 0.6 is 0 Å². The molecule has 1 fully saturated rings. The van der Waals surface area contributed by atoms with Gasteiger partial charge in [0.05, 0.1) is 11.6 Å². The minimum absolute atomic E-state index is 0.185. The van der Waals surface area contributed by atoms with Crippen LogP contribution in [0.3, 0.4) is 0 Å². The van der Waals surface area contributed by atoms with Gasteiger partial charge in [0.25, 0.3) is 0 Å². The topological polar surface area (TPSA) is 62.4 Å². The zero-order valence-electron chi connectivity index (χ0n) is 10.2. The van der Waals surface area contributed by atoms with Crippen molar-refractivity contribution in [3.63, 3.8) is 0 Å². The van der Waals surface area contributed by atoms with Crippen molar-refractivity contribution in [2.75, 3.05) is 18.8 Å². The summed E-state index contributed by atoms with van der Waals surface area (Å²) in [7, 11) is 0. The molecule has 2 heterocycles. The zero-order chi connectivity index (χ0) is 12.5. The van der Waals surface area contributed by atoms with Crippen LogP contribution in [0.5, 0.6) is 0 Å². The molecule has 0 spiro atoms. The number of β-amino-alcohol motifs (C(OH)–C–C–N with tert-alkyl or cyclic N) is 1. The molecule has 1 unspecified atom stereocenters. The Balaban J connectivity index is 1.95. The number of aliphatic hydroxyl groups is 1. The summed E-state index contributed by atoms with van der Waals surface area (Å²) in [5.41, 5.74) is 7.97. The molecule has 0 saturated carbocycles. The van der Waals surface area contributed by atoms with Crippen LogP contribution in [0.2, 0.25) is 0 Å². The van der Waals surface area contributed by atoms with Crippen LogP contribution in [0.1, 0.15) is 12.0 Å². The molecule has 0 radical (unpaired) electrons. The first-order valence-electron chi connectivity index (χ1n) is 6.27. The average molecular weight is 243 g/mol. The lowest BCUT2D eigenvalue weighted by Crippen LogP contribution is -2.21. The van der Waals surface area contributed by atoms with Gasteiger partial charge >= 0.3 is 0 Å². The van der Waals surface area contributed by atoms with E-state index in [1.807, 2.05) is 24.3 Å². The lowest BCUT2D eigenvalue weighted by Gasteiger charge is -2.16. The quantitative estimate of drug-likeness (QED) is 0.836. The van der Waals surface area contributed by atoms with E-state index in [0.717, 1.165) is 37.0 Å². The third-order valence-electron chi connectivity index (χ3n) is 3.46. The molecule has 1 aliphatic heterocycles. The standard InChI is InChI=1S/C14H17N3O/c15-14-7-10(8-17-6-5-11(18)9-17)12-3-1-2-4-13(12)16-14/h1-4,7,11,18H,5-6,8-9H2,(H2,15,16). The number of nitrogen functional groups attached to an aromatic ring is 1. The van der Waals surface area contributed by atoms with Crippen LogP contribution in [0.15, 0.2) is 30.3 Å². The van der Waals surface area contributed by atoms with E-state index in [2.05, 4.69) is 16.0 Å². The Hall–Kier alpha value is -1.65. The molecule has 0 bridgehead atoms. The Morgan fingerprint density at radius 1 is 1.39 bits per heavy atom. The second-order valence-corrected chi connectivity index (χ2v) is 4.90. The molecule has 1 aromatic heterocycles. The van der Waals surface area contributed by atoms with E-state index in [1.54, 1.807) is 0 Å². The fourth-order valence-corrected chi connectivity index (χ4v) is 2.60. The second kappa shape index (κ2) is 4.55. The summed E-state index contributed by atoms with van der Waals surface area (Å²) in [4.78, 5) is 6.59. The number of hydrogen-bond donors (Lipinski definition) is 2. The number of likely N-dealkylation sites (tertiary alicyclic amines) is 1. The fourth-order valence-electron chi connectivity index (χ4n) is 2.60. The molecule has 2 aromatic rings. The molecule has 1 aromatic carbocycles. The summed E-state index contributed by atoms with van der Waals surface area (Å²) in [5, 5.41) is 10.7. The Kier molecular flexibility index (Phi) is 2.89. The second-order valence-electron chi connectivity index (χ2n) is 4.90. The summed E-state index contributed by atoms with van der Waals surface area (Å²) < 4.78 is 0. The van der Waals surface area contributed by atoms with Gasteiger partial charge in [-0.15, -0.1) is 0 Å². The first-order chi connectivity index (χ1) is 8.72. The number of fused-ring (bicyclic) bond motifs is 1. The van der Waals surface area contributed by atoms with Gasteiger partial charge in [-0.2, -0.15) is 0 Å². The van der Waals surface area contributed by atoms with E-state index in [1.165, 1.54) is 5.56 Å². The first kappa shape index (κ1) is 11.4. The van der Waals surface area contributed by atoms with Crippen LogP contribution in [0, 0.1) is 0 Å². The van der Waals surface area contributed by atoms with E-state index >= 15 is 0 Å². The van der Waals surface area contributed by atoms with Crippen molar-refractivity contribution in [2.45, 2.75) is 19.1 Å². The van der Waals surface area contributed by atoms with Gasteiger partial charge in [-0.3, -0.25) is 4.90 Å². The number of anilines is 1. The number of nitrogens with two attached hydrogens (primary N) is 1. The first-order valence-corrected chi connectivity index (χ1v) is 6.27. The normalized spacial score (nSPS) is 20.6. The molecule has 3 rings (SSSR count). The zero-order valence-corrected chi connectivity index (χ0v) is 10.2. The van der Waals surface area contributed by atoms with Crippen molar-refractivity contribution in [1.82, 2.24) is 9.88 Å². The molecular weight excluding hydrogens is 226 g/mol. The maximum atomic E-state index is 9.57. The molecule has 1 atom stereocenters. The van der Waals surface area contributed by atoms with Gasteiger partial charge < -0.3 is 10.8 Å². The van der Waals surface area contributed by atoms with Crippen LogP contribution in [-0.2, 0) is 6.54 Å². The van der Waals surface area contributed by atoms with Crippen LogP contribution in [0.4, 0.5) is 5.82 Å². The smallest absolute Gasteiger partial charge is 0.124 e. The number of aliphatic hydroxyl groups excluding tert-OH is 1. The van der Waals surface area contributed by atoms with Gasteiger partial charge in [-0.05, 0) is 24.1 Å². The van der Waals surface area contributed by atoms with E-state index in [9.17, 15) is 5.11 Å². The van der Waals surface area contributed by atoms with E-state index in [4.69, 9.17) is 5.73 Å². The molecule has 1 saturated heterocycles. The summed E-state index contributed by atoms with van der Waals surface area (Å²) >= 11 is 0. The van der Waals surface area contributed by atoms with Gasteiger partial charge in [0, 0.05) is 25.0 Å². The number of nitrogens with zero attached hydrogens (tertiary/aromatic N) is 2. The van der Waals surface area contributed by atoms with E-state index < -0.39 is 0 Å². The average Bonchev–Trinajstić information content (AvgIpc) is 2.74. The maximum absolute atomic E-state index is 9.57. The minimum Gasteiger partial charge on any atom is -0.392 e. The highest BCUT2D eigenvalue weighted by Crippen LogP contribution is 2.22.